The summed E-state index contributed by atoms with van der Waals surface area (Å²) in [6.45, 7) is 3.58. The third kappa shape index (κ3) is 2.77. The van der Waals surface area contributed by atoms with Crippen molar-refractivity contribution in [2.24, 2.45) is 5.92 Å². The summed E-state index contributed by atoms with van der Waals surface area (Å²) in [4.78, 5) is 27.9. The number of ether oxygens (including phenoxy) is 1. The van der Waals surface area contributed by atoms with Crippen LogP contribution in [-0.2, 0) is 9.53 Å². The number of rotatable bonds is 3. The van der Waals surface area contributed by atoms with E-state index >= 15 is 0 Å². The number of fused-ring (bicyclic) bond motifs is 1. The number of esters is 1. The zero-order chi connectivity index (χ0) is 14.7. The molecule has 0 spiro atoms. The van der Waals surface area contributed by atoms with Crippen LogP contribution in [0.5, 0.6) is 0 Å². The minimum Gasteiger partial charge on any atom is -0.465 e. The first-order chi connectivity index (χ1) is 9.52. The van der Waals surface area contributed by atoms with E-state index in [1.165, 1.54) is 13.2 Å². The molecule has 0 fully saturated rings. The molecule has 2 rings (SSSR count). The van der Waals surface area contributed by atoms with Gasteiger partial charge in [0.2, 0.25) is 5.91 Å². The van der Waals surface area contributed by atoms with Gasteiger partial charge in [-0.05, 0) is 12.1 Å². The van der Waals surface area contributed by atoms with E-state index in [2.05, 4.69) is 10.3 Å². The number of nitrogens with one attached hydrogen (secondary N) is 1. The van der Waals surface area contributed by atoms with Crippen molar-refractivity contribution >= 4 is 28.6 Å². The normalized spacial score (nSPS) is 10.6. The number of anilines is 1. The second-order valence-electron chi connectivity index (χ2n) is 4.71. The van der Waals surface area contributed by atoms with Crippen LogP contribution in [-0.4, -0.2) is 24.0 Å². The third-order valence-electron chi connectivity index (χ3n) is 2.90. The maximum absolute atomic E-state index is 11.8. The largest absolute Gasteiger partial charge is 0.465 e. The second-order valence-corrected chi connectivity index (χ2v) is 4.71. The highest BCUT2D eigenvalue weighted by Crippen LogP contribution is 2.21. The quantitative estimate of drug-likeness (QED) is 0.872. The van der Waals surface area contributed by atoms with Crippen molar-refractivity contribution in [1.29, 1.82) is 0 Å². The van der Waals surface area contributed by atoms with E-state index < -0.39 is 5.97 Å². The lowest BCUT2D eigenvalue weighted by molar-refractivity contribution is -0.118. The molecule has 0 unspecified atom stereocenters. The number of carbonyl (C=O) groups excluding carboxylic acids is 2. The lowest BCUT2D eigenvalue weighted by Gasteiger charge is -2.10. The van der Waals surface area contributed by atoms with Crippen LogP contribution >= 0.6 is 0 Å². The summed E-state index contributed by atoms with van der Waals surface area (Å²) in [5.41, 5.74) is 1.02. The van der Waals surface area contributed by atoms with E-state index in [9.17, 15) is 9.59 Å². The average Bonchev–Trinajstić information content (AvgIpc) is 2.45. The lowest BCUT2D eigenvalue weighted by atomic mass is 10.1. The molecule has 0 aliphatic rings. The number of hydrogen-bond donors (Lipinski definition) is 1. The highest BCUT2D eigenvalue weighted by Gasteiger charge is 2.15. The molecule has 5 heteroatoms. The Kier molecular flexibility index (Phi) is 3.98. The van der Waals surface area contributed by atoms with Gasteiger partial charge >= 0.3 is 5.97 Å². The van der Waals surface area contributed by atoms with Crippen molar-refractivity contribution in [3.63, 3.8) is 0 Å². The summed E-state index contributed by atoms with van der Waals surface area (Å²) in [5.74, 6) is -0.417. The second kappa shape index (κ2) is 5.69. The predicted octanol–water partition coefficient (Wildman–Crippen LogP) is 2.62. The Labute approximate surface area is 117 Å². The number of nitrogens with zero attached hydrogens (tertiary/aromatic N) is 1. The number of carbonyl (C=O) groups is 2. The minimum absolute atomic E-state index is 0.149. The Balaban J connectivity index is 2.52. The van der Waals surface area contributed by atoms with Crippen molar-refractivity contribution in [2.45, 2.75) is 13.8 Å². The van der Waals surface area contributed by atoms with Gasteiger partial charge in [-0.3, -0.25) is 4.79 Å². The molecule has 0 bridgehead atoms. The Hall–Kier alpha value is -2.43. The number of hydrogen-bond acceptors (Lipinski definition) is 4. The van der Waals surface area contributed by atoms with Crippen molar-refractivity contribution < 1.29 is 14.3 Å². The first kappa shape index (κ1) is 14.0. The summed E-state index contributed by atoms with van der Waals surface area (Å²) in [7, 11) is 1.32. The summed E-state index contributed by atoms with van der Waals surface area (Å²) in [6, 6.07) is 8.76. The molecule has 0 aliphatic heterocycles. The maximum atomic E-state index is 11.8. The molecular formula is C15H16N2O3. The number of benzene rings is 1. The van der Waals surface area contributed by atoms with Crippen molar-refractivity contribution in [1.82, 2.24) is 4.98 Å². The summed E-state index contributed by atoms with van der Waals surface area (Å²) in [6.07, 6.45) is 0. The van der Waals surface area contributed by atoms with Crippen LogP contribution in [0.25, 0.3) is 10.9 Å². The van der Waals surface area contributed by atoms with Crippen molar-refractivity contribution in [2.75, 3.05) is 12.4 Å². The number of para-hydroxylation sites is 1. The fraction of sp³-hybridized carbons (Fsp3) is 0.267. The van der Waals surface area contributed by atoms with Crippen molar-refractivity contribution in [3.05, 3.63) is 35.9 Å². The van der Waals surface area contributed by atoms with Crippen LogP contribution in [0.1, 0.15) is 24.2 Å². The minimum atomic E-state index is -0.455. The van der Waals surface area contributed by atoms with Gasteiger partial charge in [0.15, 0.2) is 0 Å². The zero-order valence-electron chi connectivity index (χ0n) is 11.6. The molecule has 0 atom stereocenters. The summed E-state index contributed by atoms with van der Waals surface area (Å²) in [5, 5.41) is 3.39. The fourth-order valence-corrected chi connectivity index (χ4v) is 1.79. The SMILES string of the molecule is COC(=O)c1cc(NC(=O)C(C)C)nc2ccccc12. The van der Waals surface area contributed by atoms with Crippen LogP contribution in [0.15, 0.2) is 30.3 Å². The van der Waals surface area contributed by atoms with Gasteiger partial charge in [0, 0.05) is 11.3 Å². The zero-order valence-corrected chi connectivity index (χ0v) is 11.6. The fourth-order valence-electron chi connectivity index (χ4n) is 1.79. The number of methoxy groups -OCH3 is 1. The van der Waals surface area contributed by atoms with Gasteiger partial charge in [0.1, 0.15) is 5.82 Å². The van der Waals surface area contributed by atoms with Gasteiger partial charge in [-0.2, -0.15) is 0 Å². The molecule has 5 nitrogen and oxygen atoms in total. The topological polar surface area (TPSA) is 68.3 Å². The molecular weight excluding hydrogens is 256 g/mol. The van der Waals surface area contributed by atoms with Gasteiger partial charge in [0.05, 0.1) is 18.2 Å². The van der Waals surface area contributed by atoms with Gasteiger partial charge in [-0.25, -0.2) is 9.78 Å². The molecule has 1 aromatic heterocycles. The molecule has 1 amide bonds. The Morgan fingerprint density at radius 2 is 1.95 bits per heavy atom. The van der Waals surface area contributed by atoms with E-state index in [0.717, 1.165) is 0 Å². The molecule has 20 heavy (non-hydrogen) atoms. The number of aromatic nitrogens is 1. The van der Waals surface area contributed by atoms with Crippen LogP contribution in [0.4, 0.5) is 5.82 Å². The summed E-state index contributed by atoms with van der Waals surface area (Å²) < 4.78 is 4.77. The first-order valence-corrected chi connectivity index (χ1v) is 6.32. The molecule has 1 N–H and O–H groups in total. The van der Waals surface area contributed by atoms with Crippen molar-refractivity contribution in [3.8, 4) is 0 Å². The standard InChI is InChI=1S/C15H16N2O3/c1-9(2)14(18)17-13-8-11(15(19)20-3)10-6-4-5-7-12(10)16-13/h4-9H,1-3H3,(H,16,17,18). The van der Waals surface area contributed by atoms with E-state index in [1.807, 2.05) is 12.1 Å². The first-order valence-electron chi connectivity index (χ1n) is 6.32. The van der Waals surface area contributed by atoms with Gasteiger partial charge < -0.3 is 10.1 Å². The van der Waals surface area contributed by atoms with E-state index in [-0.39, 0.29) is 11.8 Å². The predicted molar refractivity (Wildman–Crippen MR) is 76.6 cm³/mol. The molecule has 0 saturated heterocycles. The highest BCUT2D eigenvalue weighted by atomic mass is 16.5. The maximum Gasteiger partial charge on any atom is 0.338 e. The molecule has 0 aliphatic carbocycles. The monoisotopic (exact) mass is 272 g/mol. The smallest absolute Gasteiger partial charge is 0.338 e. The van der Waals surface area contributed by atoms with E-state index in [0.29, 0.717) is 22.3 Å². The molecule has 1 aromatic carbocycles. The van der Waals surface area contributed by atoms with E-state index in [1.54, 1.807) is 26.0 Å². The van der Waals surface area contributed by atoms with Gasteiger partial charge in [-0.15, -0.1) is 0 Å². The van der Waals surface area contributed by atoms with Crippen LogP contribution in [0, 0.1) is 5.92 Å². The highest BCUT2D eigenvalue weighted by molar-refractivity contribution is 6.05. The molecule has 104 valence electrons. The molecule has 0 saturated carbocycles. The summed E-state index contributed by atoms with van der Waals surface area (Å²) >= 11 is 0. The Morgan fingerprint density at radius 3 is 2.60 bits per heavy atom. The van der Waals surface area contributed by atoms with Gasteiger partial charge in [0.25, 0.3) is 0 Å². The molecule has 1 heterocycles. The molecule has 0 radical (unpaired) electrons. The van der Waals surface area contributed by atoms with Crippen LogP contribution in [0.2, 0.25) is 0 Å². The Bertz CT molecular complexity index is 665. The van der Waals surface area contributed by atoms with Crippen LogP contribution in [0.3, 0.4) is 0 Å². The Morgan fingerprint density at radius 1 is 1.25 bits per heavy atom. The van der Waals surface area contributed by atoms with Gasteiger partial charge in [-0.1, -0.05) is 32.0 Å². The lowest BCUT2D eigenvalue weighted by Crippen LogP contribution is -2.19. The third-order valence-corrected chi connectivity index (χ3v) is 2.90. The van der Waals surface area contributed by atoms with E-state index in [4.69, 9.17) is 4.74 Å². The molecule has 2 aromatic rings. The average molecular weight is 272 g/mol. The number of pyridine rings is 1. The van der Waals surface area contributed by atoms with Crippen LogP contribution < -0.4 is 5.32 Å². The number of amides is 1.